The van der Waals surface area contributed by atoms with E-state index in [2.05, 4.69) is 20.6 Å². The number of rotatable bonds is 6. The monoisotopic (exact) mass is 364 g/mol. The molecule has 0 spiro atoms. The molecule has 0 aliphatic carbocycles. The molecule has 1 aliphatic heterocycles. The second kappa shape index (κ2) is 7.59. The highest BCUT2D eigenvalue weighted by atomic mass is 32.1. The number of aromatic nitrogens is 4. The molecule has 1 amide bonds. The Hall–Kier alpha value is -1.84. The van der Waals surface area contributed by atoms with Gasteiger partial charge in [0.2, 0.25) is 11.0 Å². The summed E-state index contributed by atoms with van der Waals surface area (Å²) in [6.07, 6.45) is 2.04. The number of anilines is 1. The van der Waals surface area contributed by atoms with Crippen molar-refractivity contribution in [1.29, 1.82) is 0 Å². The second-order valence-electron chi connectivity index (χ2n) is 6.44. The Morgan fingerprint density at radius 2 is 2.24 bits per heavy atom. The van der Waals surface area contributed by atoms with Gasteiger partial charge >= 0.3 is 0 Å². The summed E-state index contributed by atoms with van der Waals surface area (Å²) in [6.45, 7) is 5.75. The minimum Gasteiger partial charge on any atom is -0.371 e. The molecule has 8 nitrogen and oxygen atoms in total. The maximum absolute atomic E-state index is 12.3. The largest absolute Gasteiger partial charge is 0.371 e. The Balaban J connectivity index is 1.53. The molecule has 1 N–H and O–H groups in total. The average Bonchev–Trinajstić information content (AvgIpc) is 3.26. The number of nitrogens with zero attached hydrogens (tertiary/aromatic N) is 5. The maximum Gasteiger partial charge on any atom is 0.240 e. The first-order valence-corrected chi connectivity index (χ1v) is 9.18. The Kier molecular flexibility index (Phi) is 5.45. The van der Waals surface area contributed by atoms with Crippen LogP contribution in [0.2, 0.25) is 0 Å². The van der Waals surface area contributed by atoms with Gasteiger partial charge in [-0.05, 0) is 33.7 Å². The van der Waals surface area contributed by atoms with E-state index >= 15 is 0 Å². The number of aryl methyl sites for hydroxylation is 2. The third-order valence-electron chi connectivity index (χ3n) is 4.39. The molecule has 25 heavy (non-hydrogen) atoms. The molecule has 0 aromatic carbocycles. The van der Waals surface area contributed by atoms with Crippen molar-refractivity contribution >= 4 is 22.4 Å². The fourth-order valence-corrected chi connectivity index (χ4v) is 3.81. The number of nitrogens with one attached hydrogen (secondary N) is 1. The highest BCUT2D eigenvalue weighted by molar-refractivity contribution is 7.15. The Labute approximate surface area is 151 Å². The van der Waals surface area contributed by atoms with Crippen LogP contribution in [0.3, 0.4) is 0 Å². The van der Waals surface area contributed by atoms with Gasteiger partial charge in [0.25, 0.3) is 0 Å². The maximum atomic E-state index is 12.3. The number of hydrogen-bond donors (Lipinski definition) is 1. The molecule has 3 heterocycles. The van der Waals surface area contributed by atoms with Crippen LogP contribution in [0.1, 0.15) is 40.9 Å². The first kappa shape index (κ1) is 18.0. The van der Waals surface area contributed by atoms with Gasteiger partial charge in [-0.25, -0.2) is 0 Å². The summed E-state index contributed by atoms with van der Waals surface area (Å²) in [7, 11) is 3.85. The van der Waals surface area contributed by atoms with E-state index in [1.165, 1.54) is 11.3 Å². The molecule has 9 heteroatoms. The number of carbonyl (C=O) groups is 1. The Morgan fingerprint density at radius 1 is 1.44 bits per heavy atom. The van der Waals surface area contributed by atoms with Crippen LogP contribution in [0, 0.1) is 13.8 Å². The zero-order chi connectivity index (χ0) is 18.0. The second-order valence-corrected chi connectivity index (χ2v) is 7.45. The molecule has 1 atom stereocenters. The molecule has 2 aromatic heterocycles. The van der Waals surface area contributed by atoms with Gasteiger partial charge in [0.05, 0.1) is 12.2 Å². The van der Waals surface area contributed by atoms with E-state index in [1.54, 1.807) is 0 Å². The number of ether oxygens (including phenoxy) is 1. The molecule has 1 saturated heterocycles. The normalized spacial score (nSPS) is 17.4. The molecule has 0 radical (unpaired) electrons. The van der Waals surface area contributed by atoms with Crippen molar-refractivity contribution in [2.75, 3.05) is 25.5 Å². The molecule has 2 aromatic rings. The van der Waals surface area contributed by atoms with Crippen LogP contribution in [0.5, 0.6) is 0 Å². The van der Waals surface area contributed by atoms with Crippen LogP contribution in [0.4, 0.5) is 5.13 Å². The standard InChI is InChI=1S/C16H24N6O2S/c1-10-12(11(2)22(4)20-10)8-21(3)9-14(23)17-16-19-18-15(25-16)13-6-5-7-24-13/h13H,5-9H2,1-4H3,(H,17,19,23)/t13-/m1/s1. The van der Waals surface area contributed by atoms with Gasteiger partial charge in [-0.15, -0.1) is 10.2 Å². The van der Waals surface area contributed by atoms with Crippen LogP contribution >= 0.6 is 11.3 Å². The number of amides is 1. The van der Waals surface area contributed by atoms with Gasteiger partial charge in [-0.1, -0.05) is 11.3 Å². The lowest BCUT2D eigenvalue weighted by Gasteiger charge is -2.16. The van der Waals surface area contributed by atoms with Crippen molar-refractivity contribution in [1.82, 2.24) is 24.9 Å². The Bertz CT molecular complexity index is 750. The summed E-state index contributed by atoms with van der Waals surface area (Å²) in [4.78, 5) is 14.2. The minimum absolute atomic E-state index is 0.0300. The summed E-state index contributed by atoms with van der Waals surface area (Å²) in [6, 6.07) is 0. The minimum atomic E-state index is -0.100. The first-order chi connectivity index (χ1) is 11.9. The van der Waals surface area contributed by atoms with Crippen molar-refractivity contribution in [3.63, 3.8) is 0 Å². The number of likely N-dealkylation sites (N-methyl/N-ethyl adjacent to an activating group) is 1. The van der Waals surface area contributed by atoms with Gasteiger partial charge < -0.3 is 4.74 Å². The lowest BCUT2D eigenvalue weighted by Crippen LogP contribution is -2.30. The van der Waals surface area contributed by atoms with Crippen molar-refractivity contribution in [2.45, 2.75) is 39.3 Å². The van der Waals surface area contributed by atoms with E-state index in [4.69, 9.17) is 4.74 Å². The predicted octanol–water partition coefficient (Wildman–Crippen LogP) is 1.81. The first-order valence-electron chi connectivity index (χ1n) is 8.36. The van der Waals surface area contributed by atoms with E-state index in [1.807, 2.05) is 37.5 Å². The molecular weight excluding hydrogens is 340 g/mol. The topological polar surface area (TPSA) is 85.2 Å². The van der Waals surface area contributed by atoms with E-state index in [-0.39, 0.29) is 18.6 Å². The molecule has 1 aliphatic rings. The van der Waals surface area contributed by atoms with Crippen molar-refractivity contribution < 1.29 is 9.53 Å². The highest BCUT2D eigenvalue weighted by Crippen LogP contribution is 2.31. The van der Waals surface area contributed by atoms with E-state index in [9.17, 15) is 4.79 Å². The van der Waals surface area contributed by atoms with E-state index in [0.29, 0.717) is 11.7 Å². The van der Waals surface area contributed by atoms with E-state index in [0.717, 1.165) is 41.4 Å². The van der Waals surface area contributed by atoms with Crippen LogP contribution in [-0.2, 0) is 23.1 Å². The predicted molar refractivity (Wildman–Crippen MR) is 95.5 cm³/mol. The smallest absolute Gasteiger partial charge is 0.240 e. The van der Waals surface area contributed by atoms with Crippen LogP contribution < -0.4 is 5.32 Å². The molecule has 3 rings (SSSR count). The van der Waals surface area contributed by atoms with Gasteiger partial charge in [0.1, 0.15) is 11.1 Å². The van der Waals surface area contributed by atoms with Crippen LogP contribution in [0.25, 0.3) is 0 Å². The third kappa shape index (κ3) is 4.23. The fourth-order valence-electron chi connectivity index (χ4n) is 2.96. The quantitative estimate of drug-likeness (QED) is 0.841. The van der Waals surface area contributed by atoms with Crippen molar-refractivity contribution in [3.8, 4) is 0 Å². The summed E-state index contributed by atoms with van der Waals surface area (Å²) in [5.74, 6) is -0.100. The summed E-state index contributed by atoms with van der Waals surface area (Å²) < 4.78 is 7.46. The zero-order valence-corrected chi connectivity index (χ0v) is 15.9. The lowest BCUT2D eigenvalue weighted by molar-refractivity contribution is -0.117. The molecule has 1 fully saturated rings. The van der Waals surface area contributed by atoms with E-state index < -0.39 is 0 Å². The Morgan fingerprint density at radius 3 is 2.88 bits per heavy atom. The molecule has 0 bridgehead atoms. The molecule has 0 saturated carbocycles. The third-order valence-corrected chi connectivity index (χ3v) is 5.32. The summed E-state index contributed by atoms with van der Waals surface area (Å²) >= 11 is 1.39. The lowest BCUT2D eigenvalue weighted by atomic mass is 10.2. The van der Waals surface area contributed by atoms with Crippen LogP contribution in [0.15, 0.2) is 0 Å². The van der Waals surface area contributed by atoms with Gasteiger partial charge in [-0.3, -0.25) is 19.7 Å². The van der Waals surface area contributed by atoms with Crippen molar-refractivity contribution in [3.05, 3.63) is 22.0 Å². The van der Waals surface area contributed by atoms with Gasteiger partial charge in [-0.2, -0.15) is 5.10 Å². The zero-order valence-electron chi connectivity index (χ0n) is 15.1. The molecular formula is C16H24N6O2S. The van der Waals surface area contributed by atoms with Crippen LogP contribution in [-0.4, -0.2) is 51.0 Å². The fraction of sp³-hybridized carbons (Fsp3) is 0.625. The SMILES string of the molecule is Cc1nn(C)c(C)c1CN(C)CC(=O)Nc1nnc([C@H]2CCCO2)s1. The average molecular weight is 364 g/mol. The molecule has 136 valence electrons. The number of carbonyl (C=O) groups excluding carboxylic acids is 1. The van der Waals surface area contributed by atoms with Gasteiger partial charge in [0.15, 0.2) is 0 Å². The molecule has 0 unspecified atom stereocenters. The number of hydrogen-bond acceptors (Lipinski definition) is 7. The van der Waals surface area contributed by atoms with Gasteiger partial charge in [0, 0.05) is 31.5 Å². The highest BCUT2D eigenvalue weighted by Gasteiger charge is 2.22. The summed E-state index contributed by atoms with van der Waals surface area (Å²) in [5.41, 5.74) is 3.28. The van der Waals surface area contributed by atoms with Crippen molar-refractivity contribution in [2.24, 2.45) is 7.05 Å². The summed E-state index contributed by atoms with van der Waals surface area (Å²) in [5, 5.41) is 16.8.